The zero-order valence-electron chi connectivity index (χ0n) is 18.0. The first-order valence-corrected chi connectivity index (χ1v) is 10.2. The first kappa shape index (κ1) is 21.0. The molecule has 10 nitrogen and oxygen atoms in total. The van der Waals surface area contributed by atoms with E-state index in [0.717, 1.165) is 22.2 Å². The Morgan fingerprint density at radius 2 is 1.91 bits per heavy atom. The summed E-state index contributed by atoms with van der Waals surface area (Å²) in [5, 5.41) is 5.40. The number of hydrogen-bond donors (Lipinski definition) is 3. The zero-order chi connectivity index (χ0) is 22.5. The lowest BCUT2D eigenvalue weighted by Crippen LogP contribution is -2.28. The predicted molar refractivity (Wildman–Crippen MR) is 121 cm³/mol. The Labute approximate surface area is 184 Å². The summed E-state index contributed by atoms with van der Waals surface area (Å²) < 4.78 is 10.7. The third kappa shape index (κ3) is 4.43. The largest absolute Gasteiger partial charge is 0.494 e. The number of anilines is 1. The van der Waals surface area contributed by atoms with E-state index in [4.69, 9.17) is 9.47 Å². The van der Waals surface area contributed by atoms with Crippen molar-refractivity contribution in [2.24, 2.45) is 0 Å². The van der Waals surface area contributed by atoms with Crippen molar-refractivity contribution in [2.45, 2.75) is 13.8 Å². The highest BCUT2D eigenvalue weighted by atomic mass is 16.5. The molecule has 0 bridgehead atoms. The van der Waals surface area contributed by atoms with Gasteiger partial charge in [-0.2, -0.15) is 0 Å². The number of nitrogens with one attached hydrogen (secondary N) is 3. The monoisotopic (exact) mass is 433 g/mol. The summed E-state index contributed by atoms with van der Waals surface area (Å²) in [4.78, 5) is 32.6. The topological polar surface area (TPSA) is 127 Å². The Morgan fingerprint density at radius 1 is 1.09 bits per heavy atom. The molecule has 0 saturated heterocycles. The summed E-state index contributed by atoms with van der Waals surface area (Å²) in [7, 11) is 1.52. The maximum atomic E-state index is 12.0. The number of imidazole rings is 1. The molecule has 3 heterocycles. The van der Waals surface area contributed by atoms with E-state index in [1.54, 1.807) is 24.7 Å². The number of urea groups is 1. The van der Waals surface area contributed by atoms with Gasteiger partial charge in [0.2, 0.25) is 5.95 Å². The number of rotatable bonds is 7. The van der Waals surface area contributed by atoms with Crippen LogP contribution in [0.25, 0.3) is 33.4 Å². The van der Waals surface area contributed by atoms with E-state index in [9.17, 15) is 4.79 Å². The van der Waals surface area contributed by atoms with E-state index in [1.165, 1.54) is 7.11 Å². The average molecular weight is 433 g/mol. The molecule has 4 rings (SSSR count). The number of hydrogen-bond acceptors (Lipinski definition) is 7. The minimum absolute atomic E-state index is 0.286. The molecule has 4 aromatic rings. The first-order valence-electron chi connectivity index (χ1n) is 10.2. The molecule has 0 fully saturated rings. The Hall–Kier alpha value is -4.21. The van der Waals surface area contributed by atoms with Crippen molar-refractivity contribution < 1.29 is 14.3 Å². The number of carbonyl (C=O) groups excluding carboxylic acids is 1. The smallest absolute Gasteiger partial charge is 0.321 e. The van der Waals surface area contributed by atoms with E-state index in [0.29, 0.717) is 36.1 Å². The maximum Gasteiger partial charge on any atom is 0.321 e. The third-order valence-corrected chi connectivity index (χ3v) is 4.62. The Balaban J connectivity index is 1.85. The van der Waals surface area contributed by atoms with Gasteiger partial charge in [0.05, 0.1) is 30.4 Å². The summed E-state index contributed by atoms with van der Waals surface area (Å²) in [6.07, 6.45) is 5.06. The van der Waals surface area contributed by atoms with Crippen LogP contribution in [-0.2, 0) is 0 Å². The molecule has 0 aliphatic carbocycles. The van der Waals surface area contributed by atoms with Crippen LogP contribution in [0.15, 0.2) is 42.9 Å². The van der Waals surface area contributed by atoms with Crippen LogP contribution in [0.4, 0.5) is 10.7 Å². The molecule has 1 aromatic carbocycles. The number of methoxy groups -OCH3 is 1. The number of aromatic nitrogens is 5. The van der Waals surface area contributed by atoms with Crippen LogP contribution >= 0.6 is 0 Å². The molecule has 2 amide bonds. The van der Waals surface area contributed by atoms with E-state index < -0.39 is 0 Å². The minimum atomic E-state index is -0.339. The van der Waals surface area contributed by atoms with Gasteiger partial charge >= 0.3 is 12.0 Å². The average Bonchev–Trinajstić information content (AvgIpc) is 3.21. The molecule has 164 valence electrons. The number of amides is 2. The van der Waals surface area contributed by atoms with Crippen LogP contribution in [0.2, 0.25) is 0 Å². The normalized spacial score (nSPS) is 10.7. The van der Waals surface area contributed by atoms with Crippen molar-refractivity contribution in [3.8, 4) is 34.1 Å². The summed E-state index contributed by atoms with van der Waals surface area (Å²) in [5.41, 5.74) is 4.52. The molecule has 32 heavy (non-hydrogen) atoms. The molecule has 3 N–H and O–H groups in total. The number of nitrogens with zero attached hydrogens (tertiary/aromatic N) is 4. The molecular weight excluding hydrogens is 410 g/mol. The number of carbonyl (C=O) groups is 1. The number of aromatic amines is 1. The van der Waals surface area contributed by atoms with Crippen LogP contribution in [0.1, 0.15) is 13.8 Å². The van der Waals surface area contributed by atoms with Gasteiger partial charge in [-0.1, -0.05) is 0 Å². The van der Waals surface area contributed by atoms with Gasteiger partial charge in [-0.05, 0) is 37.6 Å². The second-order valence-corrected chi connectivity index (χ2v) is 6.76. The lowest BCUT2D eigenvalue weighted by molar-refractivity contribution is 0.252. The van der Waals surface area contributed by atoms with Crippen LogP contribution in [0.5, 0.6) is 11.8 Å². The van der Waals surface area contributed by atoms with Gasteiger partial charge < -0.3 is 19.8 Å². The van der Waals surface area contributed by atoms with Gasteiger partial charge in [-0.25, -0.2) is 19.7 Å². The molecule has 0 saturated carbocycles. The Bertz CT molecular complexity index is 1240. The van der Waals surface area contributed by atoms with E-state index >= 15 is 0 Å². The third-order valence-electron chi connectivity index (χ3n) is 4.62. The molecule has 3 aromatic heterocycles. The molecule has 0 atom stereocenters. The fourth-order valence-corrected chi connectivity index (χ4v) is 3.24. The molecular formula is C22H23N7O3. The number of fused-ring (bicyclic) bond motifs is 1. The van der Waals surface area contributed by atoms with Crippen LogP contribution in [0.3, 0.4) is 0 Å². The highest BCUT2D eigenvalue weighted by Gasteiger charge is 2.15. The summed E-state index contributed by atoms with van der Waals surface area (Å²) in [6.45, 7) is 4.83. The van der Waals surface area contributed by atoms with E-state index in [-0.39, 0.29) is 12.0 Å². The fraction of sp³-hybridized carbons (Fsp3) is 0.227. The van der Waals surface area contributed by atoms with Crippen molar-refractivity contribution in [3.63, 3.8) is 0 Å². The van der Waals surface area contributed by atoms with Gasteiger partial charge in [-0.3, -0.25) is 10.3 Å². The first-order chi connectivity index (χ1) is 15.6. The predicted octanol–water partition coefficient (Wildman–Crippen LogP) is 3.63. The van der Waals surface area contributed by atoms with Crippen molar-refractivity contribution in [1.29, 1.82) is 0 Å². The van der Waals surface area contributed by atoms with Gasteiger partial charge in [0.1, 0.15) is 5.75 Å². The second kappa shape index (κ2) is 9.29. The number of ether oxygens (including phenoxy) is 2. The molecule has 0 radical (unpaired) electrons. The standard InChI is InChI=1S/C22H23N7O3/c1-4-23-21(30)29-20-27-18-9-13(14-11-25-22(31-3)26-12-14)8-16(19(18)28-20)17-10-15(32-5-2)6-7-24-17/h6-12H,4-5H2,1-3H3,(H3,23,27,28,29,30). The summed E-state index contributed by atoms with van der Waals surface area (Å²) in [6, 6.07) is 7.49. The molecule has 0 aliphatic rings. The summed E-state index contributed by atoms with van der Waals surface area (Å²) in [5.74, 6) is 1.04. The SMILES string of the molecule is CCNC(=O)Nc1nc2cc(-c3cnc(OC)nc3)cc(-c3cc(OCC)ccn3)c2[nH]1. The Kier molecular flexibility index (Phi) is 6.11. The van der Waals surface area contributed by atoms with Crippen molar-refractivity contribution in [2.75, 3.05) is 25.6 Å². The minimum Gasteiger partial charge on any atom is -0.494 e. The molecule has 0 spiro atoms. The molecule has 0 unspecified atom stereocenters. The lowest BCUT2D eigenvalue weighted by atomic mass is 10.0. The summed E-state index contributed by atoms with van der Waals surface area (Å²) >= 11 is 0. The Morgan fingerprint density at radius 3 is 2.62 bits per heavy atom. The van der Waals surface area contributed by atoms with Crippen LogP contribution < -0.4 is 20.1 Å². The maximum absolute atomic E-state index is 12.0. The number of benzene rings is 1. The zero-order valence-corrected chi connectivity index (χ0v) is 18.0. The van der Waals surface area contributed by atoms with Gasteiger partial charge in [-0.15, -0.1) is 0 Å². The van der Waals surface area contributed by atoms with Gasteiger partial charge in [0.15, 0.2) is 0 Å². The van der Waals surface area contributed by atoms with Crippen molar-refractivity contribution in [1.82, 2.24) is 30.2 Å². The molecule has 10 heteroatoms. The number of H-pyrrole nitrogens is 1. The number of pyridine rings is 1. The van der Waals surface area contributed by atoms with E-state index in [2.05, 4.69) is 35.6 Å². The quantitative estimate of drug-likeness (QED) is 0.406. The highest BCUT2D eigenvalue weighted by Crippen LogP contribution is 2.34. The van der Waals surface area contributed by atoms with Gasteiger partial charge in [0.25, 0.3) is 0 Å². The van der Waals surface area contributed by atoms with Crippen molar-refractivity contribution in [3.05, 3.63) is 42.9 Å². The van der Waals surface area contributed by atoms with Crippen LogP contribution in [0, 0.1) is 0 Å². The van der Waals surface area contributed by atoms with E-state index in [1.807, 2.05) is 32.0 Å². The fourth-order valence-electron chi connectivity index (χ4n) is 3.24. The molecule has 0 aliphatic heterocycles. The highest BCUT2D eigenvalue weighted by molar-refractivity contribution is 5.98. The van der Waals surface area contributed by atoms with Crippen LogP contribution in [-0.4, -0.2) is 51.2 Å². The lowest BCUT2D eigenvalue weighted by Gasteiger charge is -2.09. The van der Waals surface area contributed by atoms with Crippen molar-refractivity contribution >= 4 is 23.0 Å². The van der Waals surface area contributed by atoms with Gasteiger partial charge in [0, 0.05) is 42.3 Å². The second-order valence-electron chi connectivity index (χ2n) is 6.76.